The number of aromatic hydroxyl groups is 2. The summed E-state index contributed by atoms with van der Waals surface area (Å²) in [6.45, 7) is 5.33. The molecule has 1 aliphatic rings. The van der Waals surface area contributed by atoms with Gasteiger partial charge in [-0.25, -0.2) is 0 Å². The lowest BCUT2D eigenvalue weighted by Crippen LogP contribution is -2.30. The van der Waals surface area contributed by atoms with Gasteiger partial charge in [-0.05, 0) is 36.9 Å². The van der Waals surface area contributed by atoms with Gasteiger partial charge in [0.15, 0.2) is 5.78 Å². The Morgan fingerprint density at radius 3 is 2.32 bits per heavy atom. The normalized spacial score (nSPS) is 12.7. The number of esters is 1. The first-order chi connectivity index (χ1) is 13.4. The van der Waals surface area contributed by atoms with Crippen LogP contribution in [0.25, 0.3) is 0 Å². The van der Waals surface area contributed by atoms with Crippen LogP contribution in [0.1, 0.15) is 51.3 Å². The third-order valence-corrected chi connectivity index (χ3v) is 4.81. The number of hydrogen-bond donors (Lipinski definition) is 2. The largest absolute Gasteiger partial charge is 0.507 e. The lowest BCUT2D eigenvalue weighted by atomic mass is 9.82. The molecule has 0 aromatic heterocycles. The molecule has 1 aliphatic carbocycles. The number of rotatable bonds is 6. The van der Waals surface area contributed by atoms with E-state index in [1.165, 1.54) is 30.3 Å². The van der Waals surface area contributed by atoms with Crippen LogP contribution in [-0.2, 0) is 16.1 Å². The zero-order chi connectivity index (χ0) is 20.4. The van der Waals surface area contributed by atoms with Gasteiger partial charge in [-0.1, -0.05) is 26.0 Å². The number of phenolic OH excluding ortho intramolecular Hbond substituents is 2. The Hall–Kier alpha value is -3.19. The highest BCUT2D eigenvalue weighted by Crippen LogP contribution is 2.37. The van der Waals surface area contributed by atoms with E-state index in [-0.39, 0.29) is 46.9 Å². The molecule has 0 spiro atoms. The highest BCUT2D eigenvalue weighted by Gasteiger charge is 2.34. The Labute approximate surface area is 162 Å². The van der Waals surface area contributed by atoms with Gasteiger partial charge in [0.05, 0.1) is 17.7 Å². The van der Waals surface area contributed by atoms with Crippen molar-refractivity contribution >= 4 is 17.5 Å². The number of hydrogen-bond acceptors (Lipinski definition) is 7. The van der Waals surface area contributed by atoms with E-state index in [4.69, 9.17) is 4.74 Å². The number of likely N-dealkylation sites (N-methyl/N-ethyl adjacent to an activating group) is 1. The summed E-state index contributed by atoms with van der Waals surface area (Å²) < 4.78 is 5.23. The summed E-state index contributed by atoms with van der Waals surface area (Å²) in [5, 5.41) is 20.3. The molecule has 2 aromatic rings. The minimum absolute atomic E-state index is 0.0258. The first kappa shape index (κ1) is 19.6. The fourth-order valence-electron chi connectivity index (χ4n) is 3.26. The second-order valence-corrected chi connectivity index (χ2v) is 6.52. The minimum atomic E-state index is -0.620. The van der Waals surface area contributed by atoms with E-state index in [0.717, 1.165) is 0 Å². The summed E-state index contributed by atoms with van der Waals surface area (Å²) in [6, 6.07) is 6.97. The molecule has 146 valence electrons. The summed E-state index contributed by atoms with van der Waals surface area (Å²) in [7, 11) is 0. The molecule has 0 fully saturated rings. The van der Waals surface area contributed by atoms with E-state index >= 15 is 0 Å². The van der Waals surface area contributed by atoms with Gasteiger partial charge in [-0.15, -0.1) is 0 Å². The number of carbonyl (C=O) groups excluding carboxylic acids is 3. The number of carbonyl (C=O) groups is 3. The molecule has 0 saturated heterocycles. The smallest absolute Gasteiger partial charge is 0.320 e. The van der Waals surface area contributed by atoms with Gasteiger partial charge < -0.3 is 14.9 Å². The van der Waals surface area contributed by atoms with Crippen molar-refractivity contribution in [1.82, 2.24) is 4.90 Å². The molecule has 0 saturated carbocycles. The zero-order valence-corrected chi connectivity index (χ0v) is 15.7. The predicted molar refractivity (Wildman–Crippen MR) is 101 cm³/mol. The first-order valence-electron chi connectivity index (χ1n) is 9.02. The molecule has 7 nitrogen and oxygen atoms in total. The third-order valence-electron chi connectivity index (χ3n) is 4.81. The molecule has 2 aromatic carbocycles. The third kappa shape index (κ3) is 3.48. The SMILES string of the molecule is CCN(CC)CC(=O)OCc1cc(O)c2c(c1)C(=O)c1cccc(O)c1C2=O. The van der Waals surface area contributed by atoms with Gasteiger partial charge >= 0.3 is 5.97 Å². The van der Waals surface area contributed by atoms with Crippen molar-refractivity contribution in [1.29, 1.82) is 0 Å². The van der Waals surface area contributed by atoms with Crippen LogP contribution in [0.2, 0.25) is 0 Å². The molecule has 3 rings (SSSR count). The monoisotopic (exact) mass is 383 g/mol. The molecule has 0 amide bonds. The molecule has 2 N–H and O–H groups in total. The molecule has 28 heavy (non-hydrogen) atoms. The van der Waals surface area contributed by atoms with Crippen molar-refractivity contribution in [3.05, 3.63) is 58.1 Å². The molecular weight excluding hydrogens is 362 g/mol. The predicted octanol–water partition coefficient (Wildman–Crippen LogP) is 2.26. The minimum Gasteiger partial charge on any atom is -0.507 e. The Morgan fingerprint density at radius 2 is 1.64 bits per heavy atom. The van der Waals surface area contributed by atoms with Crippen LogP contribution < -0.4 is 0 Å². The Kier molecular flexibility index (Phi) is 5.46. The second kappa shape index (κ2) is 7.82. The van der Waals surface area contributed by atoms with Crippen molar-refractivity contribution in [3.8, 4) is 11.5 Å². The van der Waals surface area contributed by atoms with Gasteiger partial charge in [-0.3, -0.25) is 19.3 Å². The van der Waals surface area contributed by atoms with Crippen LogP contribution in [0.4, 0.5) is 0 Å². The molecule has 0 radical (unpaired) electrons. The van der Waals surface area contributed by atoms with Gasteiger partial charge in [-0.2, -0.15) is 0 Å². The Morgan fingerprint density at radius 1 is 0.964 bits per heavy atom. The summed E-state index contributed by atoms with van der Waals surface area (Å²) in [5.41, 5.74) is 0.227. The maximum atomic E-state index is 12.8. The lowest BCUT2D eigenvalue weighted by molar-refractivity contribution is -0.146. The lowest BCUT2D eigenvalue weighted by Gasteiger charge is -2.20. The van der Waals surface area contributed by atoms with Crippen molar-refractivity contribution in [2.24, 2.45) is 0 Å². The second-order valence-electron chi connectivity index (χ2n) is 6.52. The van der Waals surface area contributed by atoms with Gasteiger partial charge in [0.1, 0.15) is 18.1 Å². The highest BCUT2D eigenvalue weighted by atomic mass is 16.5. The van der Waals surface area contributed by atoms with E-state index in [9.17, 15) is 24.6 Å². The van der Waals surface area contributed by atoms with E-state index < -0.39 is 17.5 Å². The number of phenols is 2. The number of nitrogens with zero attached hydrogens (tertiary/aromatic N) is 1. The standard InChI is InChI=1S/C21H21NO6/c1-3-22(4-2)10-17(25)28-11-12-8-14-19(16(24)9-12)21(27)18-13(20(14)26)6-5-7-15(18)23/h5-9,23-24H,3-4,10-11H2,1-2H3. The summed E-state index contributed by atoms with van der Waals surface area (Å²) in [5.74, 6) is -2.22. The van der Waals surface area contributed by atoms with Crippen LogP contribution in [-0.4, -0.2) is 52.3 Å². The molecule has 0 unspecified atom stereocenters. The van der Waals surface area contributed by atoms with Gasteiger partial charge in [0.2, 0.25) is 5.78 Å². The highest BCUT2D eigenvalue weighted by molar-refractivity contribution is 6.30. The summed E-state index contributed by atoms with van der Waals surface area (Å²) >= 11 is 0. The molecule has 7 heteroatoms. The maximum Gasteiger partial charge on any atom is 0.320 e. The summed E-state index contributed by atoms with van der Waals surface area (Å²) in [4.78, 5) is 39.3. The van der Waals surface area contributed by atoms with Crippen LogP contribution >= 0.6 is 0 Å². The number of ether oxygens (including phenoxy) is 1. The van der Waals surface area contributed by atoms with Crippen LogP contribution in [0, 0.1) is 0 Å². The topological polar surface area (TPSA) is 104 Å². The van der Waals surface area contributed by atoms with Gasteiger partial charge in [0, 0.05) is 11.1 Å². The van der Waals surface area contributed by atoms with Gasteiger partial charge in [0.25, 0.3) is 0 Å². The molecule has 0 heterocycles. The number of benzene rings is 2. The number of fused-ring (bicyclic) bond motifs is 2. The van der Waals surface area contributed by atoms with Crippen LogP contribution in [0.5, 0.6) is 11.5 Å². The fraction of sp³-hybridized carbons (Fsp3) is 0.286. The first-order valence-corrected chi connectivity index (χ1v) is 9.02. The van der Waals surface area contributed by atoms with E-state index in [1.54, 1.807) is 0 Å². The fourth-order valence-corrected chi connectivity index (χ4v) is 3.26. The maximum absolute atomic E-state index is 12.8. The van der Waals surface area contributed by atoms with E-state index in [2.05, 4.69) is 0 Å². The van der Waals surface area contributed by atoms with Crippen molar-refractivity contribution in [3.63, 3.8) is 0 Å². The van der Waals surface area contributed by atoms with Crippen molar-refractivity contribution < 1.29 is 29.3 Å². The Balaban J connectivity index is 1.87. The molecule has 0 aliphatic heterocycles. The van der Waals surface area contributed by atoms with Crippen LogP contribution in [0.3, 0.4) is 0 Å². The van der Waals surface area contributed by atoms with E-state index in [0.29, 0.717) is 18.7 Å². The van der Waals surface area contributed by atoms with Crippen molar-refractivity contribution in [2.45, 2.75) is 20.5 Å². The Bertz CT molecular complexity index is 962. The quantitative estimate of drug-likeness (QED) is 0.629. The van der Waals surface area contributed by atoms with Crippen molar-refractivity contribution in [2.75, 3.05) is 19.6 Å². The summed E-state index contributed by atoms with van der Waals surface area (Å²) in [6.07, 6.45) is 0. The number of ketones is 2. The van der Waals surface area contributed by atoms with Crippen LogP contribution in [0.15, 0.2) is 30.3 Å². The zero-order valence-electron chi connectivity index (χ0n) is 15.7. The average molecular weight is 383 g/mol. The molecule has 0 bridgehead atoms. The molecular formula is C21H21NO6. The average Bonchev–Trinajstić information content (AvgIpc) is 2.68. The molecule has 0 atom stereocenters. The van der Waals surface area contributed by atoms with E-state index in [1.807, 2.05) is 18.7 Å².